The Morgan fingerprint density at radius 1 is 1.45 bits per heavy atom. The van der Waals surface area contributed by atoms with Crippen molar-refractivity contribution in [3.8, 4) is 0 Å². The Labute approximate surface area is 70.0 Å². The van der Waals surface area contributed by atoms with E-state index < -0.39 is 0 Å². The van der Waals surface area contributed by atoms with Gasteiger partial charge in [-0.15, -0.1) is 0 Å². The number of nitrogens with one attached hydrogen (secondary N) is 1. The van der Waals surface area contributed by atoms with Gasteiger partial charge in [0.05, 0.1) is 0 Å². The minimum atomic E-state index is 0.499. The summed E-state index contributed by atoms with van der Waals surface area (Å²) in [7, 11) is 0.907. The molecule has 0 aliphatic heterocycles. The molecule has 0 rings (SSSR count). The molecule has 0 heterocycles. The molecular weight excluding hydrogens is 137 g/mol. The zero-order chi connectivity index (χ0) is 8.53. The zero-order valence-electron chi connectivity index (χ0n) is 7.60. The second-order valence-electron chi connectivity index (χ2n) is 3.05. The van der Waals surface area contributed by atoms with Gasteiger partial charge >= 0.3 is 69.2 Å². The average Bonchev–Trinajstić information content (AvgIpc) is 1.99. The van der Waals surface area contributed by atoms with Crippen molar-refractivity contribution in [2.75, 3.05) is 13.0 Å². The Bertz CT molecular complexity index is 98.1. The SMILES string of the molecule is CCCC(C)CCNCB=O. The van der Waals surface area contributed by atoms with Crippen LogP contribution in [0.3, 0.4) is 0 Å². The third kappa shape index (κ3) is 7.72. The van der Waals surface area contributed by atoms with E-state index in [1.54, 1.807) is 0 Å². The molecular formula is C8H18BNO. The van der Waals surface area contributed by atoms with Gasteiger partial charge in [-0.1, -0.05) is 0 Å². The van der Waals surface area contributed by atoms with E-state index in [4.69, 9.17) is 0 Å². The predicted octanol–water partition coefficient (Wildman–Crippen LogP) is 1.41. The van der Waals surface area contributed by atoms with E-state index in [1.807, 2.05) is 0 Å². The van der Waals surface area contributed by atoms with Crippen LogP contribution >= 0.6 is 0 Å². The fraction of sp³-hybridized carbons (Fsp3) is 1.00. The van der Waals surface area contributed by atoms with E-state index in [1.165, 1.54) is 19.3 Å². The van der Waals surface area contributed by atoms with Crippen molar-refractivity contribution >= 4 is 7.15 Å². The van der Waals surface area contributed by atoms with Gasteiger partial charge in [0.25, 0.3) is 0 Å². The van der Waals surface area contributed by atoms with Gasteiger partial charge in [-0.2, -0.15) is 0 Å². The van der Waals surface area contributed by atoms with Crippen molar-refractivity contribution in [1.82, 2.24) is 5.32 Å². The molecule has 1 unspecified atom stereocenters. The zero-order valence-corrected chi connectivity index (χ0v) is 7.60. The summed E-state index contributed by atoms with van der Waals surface area (Å²) in [6, 6.07) is 0. The van der Waals surface area contributed by atoms with E-state index in [9.17, 15) is 4.70 Å². The Morgan fingerprint density at radius 2 is 2.18 bits per heavy atom. The molecule has 1 atom stereocenters. The van der Waals surface area contributed by atoms with Crippen molar-refractivity contribution in [3.05, 3.63) is 0 Å². The van der Waals surface area contributed by atoms with Crippen molar-refractivity contribution in [3.63, 3.8) is 0 Å². The first kappa shape index (κ1) is 10.8. The maximum atomic E-state index is 9.91. The Hall–Kier alpha value is -0.175. The van der Waals surface area contributed by atoms with E-state index >= 15 is 0 Å². The van der Waals surface area contributed by atoms with E-state index in [-0.39, 0.29) is 0 Å². The molecule has 0 spiro atoms. The van der Waals surface area contributed by atoms with Crippen LogP contribution in [0.2, 0.25) is 0 Å². The monoisotopic (exact) mass is 155 g/mol. The first-order valence-corrected chi connectivity index (χ1v) is 4.45. The molecule has 3 heteroatoms. The van der Waals surface area contributed by atoms with E-state index in [0.717, 1.165) is 19.6 Å². The van der Waals surface area contributed by atoms with Crippen LogP contribution < -0.4 is 5.32 Å². The average molecular weight is 155 g/mol. The van der Waals surface area contributed by atoms with Crippen LogP contribution in [0.25, 0.3) is 0 Å². The molecule has 0 bridgehead atoms. The molecule has 64 valence electrons. The summed E-state index contributed by atoms with van der Waals surface area (Å²) in [6.07, 6.45) is 4.23. The van der Waals surface area contributed by atoms with Crippen LogP contribution in [0.5, 0.6) is 0 Å². The Kier molecular flexibility index (Phi) is 7.80. The summed E-state index contributed by atoms with van der Waals surface area (Å²) in [4.78, 5) is 0. The maximum absolute atomic E-state index is 9.91. The Morgan fingerprint density at radius 3 is 2.73 bits per heavy atom. The summed E-state index contributed by atoms with van der Waals surface area (Å²) in [6.45, 7) is 5.43. The summed E-state index contributed by atoms with van der Waals surface area (Å²) in [5.41, 5.74) is 0. The van der Waals surface area contributed by atoms with Crippen LogP contribution in [0.1, 0.15) is 33.1 Å². The summed E-state index contributed by atoms with van der Waals surface area (Å²) in [5.74, 6) is 0.791. The molecule has 0 amide bonds. The van der Waals surface area contributed by atoms with Gasteiger partial charge in [-0.05, 0) is 0 Å². The van der Waals surface area contributed by atoms with Gasteiger partial charge in [0.2, 0.25) is 0 Å². The van der Waals surface area contributed by atoms with Crippen LogP contribution in [-0.2, 0) is 4.70 Å². The minimum absolute atomic E-state index is 0.499. The number of rotatable bonds is 7. The van der Waals surface area contributed by atoms with Crippen LogP contribution in [0.15, 0.2) is 0 Å². The summed E-state index contributed by atoms with van der Waals surface area (Å²) in [5, 5.41) is 3.06. The molecule has 1 N–H and O–H groups in total. The summed E-state index contributed by atoms with van der Waals surface area (Å²) < 4.78 is 9.91. The molecule has 0 aliphatic rings. The molecule has 11 heavy (non-hydrogen) atoms. The molecule has 0 fully saturated rings. The third-order valence-corrected chi connectivity index (χ3v) is 1.82. The van der Waals surface area contributed by atoms with Gasteiger partial charge in [-0.25, -0.2) is 0 Å². The molecule has 0 radical (unpaired) electrons. The van der Waals surface area contributed by atoms with Gasteiger partial charge in [0.15, 0.2) is 0 Å². The summed E-state index contributed by atoms with van der Waals surface area (Å²) >= 11 is 0. The topological polar surface area (TPSA) is 29.1 Å². The first-order valence-electron chi connectivity index (χ1n) is 4.45. The second-order valence-corrected chi connectivity index (χ2v) is 3.05. The molecule has 0 aromatic heterocycles. The van der Waals surface area contributed by atoms with E-state index in [0.29, 0.717) is 6.44 Å². The standard InChI is InChI=1S/C8H18BNO/c1-3-4-8(2)5-6-10-7-9-11/h8,10H,3-7H2,1-2H3. The van der Waals surface area contributed by atoms with E-state index in [2.05, 4.69) is 19.2 Å². The van der Waals surface area contributed by atoms with Crippen LogP contribution in [0, 0.1) is 5.92 Å². The van der Waals surface area contributed by atoms with Gasteiger partial charge < -0.3 is 0 Å². The van der Waals surface area contributed by atoms with Crippen LogP contribution in [-0.4, -0.2) is 20.1 Å². The van der Waals surface area contributed by atoms with Crippen molar-refractivity contribution < 1.29 is 4.70 Å². The van der Waals surface area contributed by atoms with Crippen molar-refractivity contribution in [2.45, 2.75) is 33.1 Å². The van der Waals surface area contributed by atoms with Gasteiger partial charge in [0, 0.05) is 0 Å². The van der Waals surface area contributed by atoms with Gasteiger partial charge in [-0.3, -0.25) is 0 Å². The van der Waals surface area contributed by atoms with Crippen LogP contribution in [0.4, 0.5) is 0 Å². The van der Waals surface area contributed by atoms with Gasteiger partial charge in [0.1, 0.15) is 0 Å². The first-order chi connectivity index (χ1) is 5.31. The molecule has 0 saturated carbocycles. The fourth-order valence-corrected chi connectivity index (χ4v) is 1.15. The molecule has 0 aromatic carbocycles. The van der Waals surface area contributed by atoms with Crippen molar-refractivity contribution in [2.24, 2.45) is 5.92 Å². The predicted molar refractivity (Wildman–Crippen MR) is 48.0 cm³/mol. The normalized spacial score (nSPS) is 12.5. The molecule has 2 nitrogen and oxygen atoms in total. The molecule has 0 aliphatic carbocycles. The number of hydrogen-bond acceptors (Lipinski definition) is 2. The van der Waals surface area contributed by atoms with Crippen molar-refractivity contribution in [1.29, 1.82) is 0 Å². The second kappa shape index (κ2) is 7.93. The molecule has 0 aromatic rings. The number of hydrogen-bond donors (Lipinski definition) is 1. The third-order valence-electron chi connectivity index (χ3n) is 1.82. The quantitative estimate of drug-likeness (QED) is 0.444. The fourth-order valence-electron chi connectivity index (χ4n) is 1.15. The Balaban J connectivity index is 3.03. The molecule has 0 saturated heterocycles.